The Morgan fingerprint density at radius 3 is 2.58 bits per heavy atom. The molecule has 200 valence electrons. The molecule has 3 fully saturated rings. The second-order valence-electron chi connectivity index (χ2n) is 11.0. The second kappa shape index (κ2) is 11.3. The van der Waals surface area contributed by atoms with E-state index >= 15 is 0 Å². The predicted octanol–water partition coefficient (Wildman–Crippen LogP) is 2.23. The van der Waals surface area contributed by atoms with Crippen LogP contribution in [0, 0.1) is 17.7 Å². The molecule has 0 aromatic heterocycles. The van der Waals surface area contributed by atoms with E-state index in [1.807, 2.05) is 4.90 Å². The number of aliphatic hydroxyl groups is 1. The number of hydrogen-bond donors (Lipinski definition) is 3. The van der Waals surface area contributed by atoms with E-state index in [0.29, 0.717) is 25.3 Å². The summed E-state index contributed by atoms with van der Waals surface area (Å²) in [5.41, 5.74) is 0.292. The quantitative estimate of drug-likeness (QED) is 0.513. The van der Waals surface area contributed by atoms with Gasteiger partial charge in [0.2, 0.25) is 5.91 Å². The Labute approximate surface area is 213 Å². The van der Waals surface area contributed by atoms with Gasteiger partial charge in [0.15, 0.2) is 6.35 Å². The van der Waals surface area contributed by atoms with Gasteiger partial charge in [0.05, 0.1) is 0 Å². The molecule has 1 aromatic rings. The molecular formula is C27H41FN4O4. The van der Waals surface area contributed by atoms with Crippen molar-refractivity contribution in [1.29, 1.82) is 0 Å². The fraction of sp³-hybridized carbons (Fsp3) is 0.741. The first-order valence-corrected chi connectivity index (χ1v) is 13.6. The van der Waals surface area contributed by atoms with Crippen molar-refractivity contribution in [3.8, 4) is 5.75 Å². The topological polar surface area (TPSA) is 86.3 Å². The van der Waals surface area contributed by atoms with E-state index < -0.39 is 12.0 Å². The lowest BCUT2D eigenvalue weighted by Crippen LogP contribution is -2.55. The zero-order valence-corrected chi connectivity index (χ0v) is 21.4. The SMILES string of the molecule is CNC(O)NC1CC2(CCN(C(=O)C3CCN(CC4CCOCC4)CC3)CC2)Oc2ccc(F)cc21. The summed E-state index contributed by atoms with van der Waals surface area (Å²) in [6.45, 7) is 6.24. The number of fused-ring (bicyclic) bond motifs is 1. The van der Waals surface area contributed by atoms with Crippen LogP contribution in [0.5, 0.6) is 5.75 Å². The Hall–Kier alpha value is -1.78. The first-order valence-electron chi connectivity index (χ1n) is 13.6. The lowest BCUT2D eigenvalue weighted by molar-refractivity contribution is -0.141. The fourth-order valence-electron chi connectivity index (χ4n) is 6.42. The lowest BCUT2D eigenvalue weighted by Gasteiger charge is -2.48. The fourth-order valence-corrected chi connectivity index (χ4v) is 6.42. The summed E-state index contributed by atoms with van der Waals surface area (Å²) in [5, 5.41) is 16.1. The maximum Gasteiger partial charge on any atom is 0.225 e. The van der Waals surface area contributed by atoms with Crippen molar-refractivity contribution in [3.63, 3.8) is 0 Å². The third-order valence-corrected chi connectivity index (χ3v) is 8.66. The normalized spacial score (nSPS) is 26.4. The highest BCUT2D eigenvalue weighted by molar-refractivity contribution is 5.79. The van der Waals surface area contributed by atoms with E-state index in [0.717, 1.165) is 82.9 Å². The zero-order valence-electron chi connectivity index (χ0n) is 21.4. The zero-order chi connectivity index (χ0) is 25.1. The predicted molar refractivity (Wildman–Crippen MR) is 134 cm³/mol. The smallest absolute Gasteiger partial charge is 0.225 e. The summed E-state index contributed by atoms with van der Waals surface area (Å²) in [6, 6.07) is 4.33. The van der Waals surface area contributed by atoms with Gasteiger partial charge in [0.25, 0.3) is 0 Å². The van der Waals surface area contributed by atoms with Crippen LogP contribution in [0.2, 0.25) is 0 Å². The average Bonchev–Trinajstić information content (AvgIpc) is 2.90. The minimum atomic E-state index is -0.903. The number of rotatable bonds is 6. The summed E-state index contributed by atoms with van der Waals surface area (Å²) >= 11 is 0. The molecule has 4 aliphatic heterocycles. The minimum absolute atomic E-state index is 0.112. The lowest BCUT2D eigenvalue weighted by atomic mass is 9.80. The summed E-state index contributed by atoms with van der Waals surface area (Å²) in [6.07, 6.45) is 5.35. The molecule has 3 saturated heterocycles. The van der Waals surface area contributed by atoms with Crippen LogP contribution in [0.3, 0.4) is 0 Å². The van der Waals surface area contributed by atoms with Crippen LogP contribution in [0.1, 0.15) is 56.6 Å². The molecule has 9 heteroatoms. The summed E-state index contributed by atoms with van der Waals surface area (Å²) < 4.78 is 25.9. The molecule has 8 nitrogen and oxygen atoms in total. The molecule has 1 aromatic carbocycles. The Morgan fingerprint density at radius 1 is 1.17 bits per heavy atom. The van der Waals surface area contributed by atoms with E-state index in [-0.39, 0.29) is 23.7 Å². The molecular weight excluding hydrogens is 463 g/mol. The second-order valence-corrected chi connectivity index (χ2v) is 11.0. The number of likely N-dealkylation sites (tertiary alicyclic amines) is 2. The Kier molecular flexibility index (Phi) is 8.12. The molecule has 5 rings (SSSR count). The highest BCUT2D eigenvalue weighted by Crippen LogP contribution is 2.45. The Balaban J connectivity index is 1.15. The van der Waals surface area contributed by atoms with Crippen molar-refractivity contribution in [2.45, 2.75) is 62.9 Å². The largest absolute Gasteiger partial charge is 0.487 e. The monoisotopic (exact) mass is 504 g/mol. The highest BCUT2D eigenvalue weighted by atomic mass is 19.1. The van der Waals surface area contributed by atoms with Crippen LogP contribution in [0.15, 0.2) is 18.2 Å². The van der Waals surface area contributed by atoms with Crippen LogP contribution in [0.25, 0.3) is 0 Å². The molecule has 0 aliphatic carbocycles. The molecule has 2 atom stereocenters. The highest BCUT2D eigenvalue weighted by Gasteiger charge is 2.45. The molecule has 0 saturated carbocycles. The van der Waals surface area contributed by atoms with Crippen molar-refractivity contribution in [2.75, 3.05) is 53.0 Å². The van der Waals surface area contributed by atoms with Gasteiger partial charge in [-0.25, -0.2) is 4.39 Å². The molecule has 0 bridgehead atoms. The number of carbonyl (C=O) groups is 1. The van der Waals surface area contributed by atoms with Gasteiger partial charge in [-0.05, 0) is 69.9 Å². The van der Waals surface area contributed by atoms with Gasteiger partial charge in [0.1, 0.15) is 17.2 Å². The van der Waals surface area contributed by atoms with Gasteiger partial charge in [-0.1, -0.05) is 0 Å². The number of aliphatic hydroxyl groups excluding tert-OH is 1. The van der Waals surface area contributed by atoms with E-state index in [2.05, 4.69) is 15.5 Å². The maximum absolute atomic E-state index is 14.0. The third-order valence-electron chi connectivity index (χ3n) is 8.66. The number of hydrogen-bond acceptors (Lipinski definition) is 7. The van der Waals surface area contributed by atoms with Crippen molar-refractivity contribution in [2.24, 2.45) is 11.8 Å². The van der Waals surface area contributed by atoms with Crippen LogP contribution in [0.4, 0.5) is 4.39 Å². The van der Waals surface area contributed by atoms with Crippen molar-refractivity contribution in [1.82, 2.24) is 20.4 Å². The Bertz CT molecular complexity index is 896. The first kappa shape index (κ1) is 25.9. The first-order chi connectivity index (χ1) is 17.4. The van der Waals surface area contributed by atoms with E-state index in [4.69, 9.17) is 9.47 Å². The molecule has 36 heavy (non-hydrogen) atoms. The molecule has 1 spiro atoms. The molecule has 3 N–H and O–H groups in total. The van der Waals surface area contributed by atoms with E-state index in [1.54, 1.807) is 13.1 Å². The van der Waals surface area contributed by atoms with E-state index in [1.165, 1.54) is 12.1 Å². The van der Waals surface area contributed by atoms with Crippen LogP contribution in [-0.4, -0.2) is 85.8 Å². The average molecular weight is 505 g/mol. The van der Waals surface area contributed by atoms with Crippen molar-refractivity contribution >= 4 is 5.91 Å². The summed E-state index contributed by atoms with van der Waals surface area (Å²) in [5.74, 6) is 1.46. The van der Waals surface area contributed by atoms with Gasteiger partial charge in [-0.2, -0.15) is 0 Å². The Morgan fingerprint density at radius 2 is 1.89 bits per heavy atom. The molecule has 4 heterocycles. The molecule has 4 aliphatic rings. The molecule has 1 amide bonds. The minimum Gasteiger partial charge on any atom is -0.487 e. The molecule has 0 radical (unpaired) electrons. The van der Waals surface area contributed by atoms with Crippen LogP contribution < -0.4 is 15.4 Å². The third kappa shape index (κ3) is 5.86. The number of halogens is 1. The summed E-state index contributed by atoms with van der Waals surface area (Å²) in [7, 11) is 1.67. The van der Waals surface area contributed by atoms with Gasteiger partial charge >= 0.3 is 0 Å². The number of nitrogens with one attached hydrogen (secondary N) is 2. The number of benzene rings is 1. The van der Waals surface area contributed by atoms with Crippen molar-refractivity contribution < 1.29 is 23.8 Å². The van der Waals surface area contributed by atoms with Gasteiger partial charge in [-0.3, -0.25) is 15.4 Å². The summed E-state index contributed by atoms with van der Waals surface area (Å²) in [4.78, 5) is 17.9. The van der Waals surface area contributed by atoms with E-state index in [9.17, 15) is 14.3 Å². The number of piperidine rings is 2. The van der Waals surface area contributed by atoms with Crippen LogP contribution in [-0.2, 0) is 9.53 Å². The number of ether oxygens (including phenoxy) is 2. The standard InChI is InChI=1S/C27H41FN4O4/c1-29-26(34)30-23-17-27(36-24-3-2-21(28)16-22(23)24)8-12-32(13-9-27)25(33)20-4-10-31(11-5-20)18-19-6-14-35-15-7-19/h2-3,16,19-20,23,26,29-30,34H,4-15,17-18H2,1H3. The van der Waals surface area contributed by atoms with Crippen LogP contribution >= 0.6 is 0 Å². The number of amides is 1. The van der Waals surface area contributed by atoms with Gasteiger partial charge < -0.3 is 24.4 Å². The number of carbonyl (C=O) groups excluding carboxylic acids is 1. The maximum atomic E-state index is 14.0. The van der Waals surface area contributed by atoms with Gasteiger partial charge in [0, 0.05) is 69.6 Å². The number of nitrogens with zero attached hydrogens (tertiary/aromatic N) is 2. The van der Waals surface area contributed by atoms with Gasteiger partial charge in [-0.15, -0.1) is 0 Å². The van der Waals surface area contributed by atoms with Crippen molar-refractivity contribution in [3.05, 3.63) is 29.6 Å². The molecule has 2 unspecified atom stereocenters.